The number of rotatable bonds is 6. The summed E-state index contributed by atoms with van der Waals surface area (Å²) in [5.74, 6) is 0.00156. The Morgan fingerprint density at radius 1 is 1.26 bits per heavy atom. The Hall–Kier alpha value is -3.08. The van der Waals surface area contributed by atoms with Gasteiger partial charge in [-0.1, -0.05) is 5.21 Å². The molecule has 1 fully saturated rings. The van der Waals surface area contributed by atoms with Crippen LogP contribution >= 0.6 is 11.3 Å². The third-order valence-electron chi connectivity index (χ3n) is 6.02. The highest BCUT2D eigenvalue weighted by Crippen LogP contribution is 2.31. The van der Waals surface area contributed by atoms with Crippen LogP contribution in [0.15, 0.2) is 27.5 Å². The minimum atomic E-state index is -0.530. The van der Waals surface area contributed by atoms with Crippen LogP contribution in [0.1, 0.15) is 49.4 Å². The van der Waals surface area contributed by atoms with Crippen LogP contribution in [0.25, 0.3) is 10.6 Å². The monoisotopic (exact) mass is 443 g/mol. The zero-order valence-corrected chi connectivity index (χ0v) is 18.3. The second kappa shape index (κ2) is 8.96. The molecule has 164 valence electrons. The smallest absolute Gasteiger partial charge is 0.325 e. The zero-order chi connectivity index (χ0) is 22.0. The summed E-state index contributed by atoms with van der Waals surface area (Å²) < 4.78 is 1.93. The molecule has 0 unspecified atom stereocenters. The van der Waals surface area contributed by atoms with E-state index in [1.54, 1.807) is 23.5 Å². The van der Waals surface area contributed by atoms with Crippen LogP contribution < -0.4 is 11.2 Å². The molecule has 0 saturated heterocycles. The molecule has 1 aliphatic carbocycles. The van der Waals surface area contributed by atoms with Crippen molar-refractivity contribution in [2.24, 2.45) is 0 Å². The molecule has 0 atom stereocenters. The molecule has 3 aromatic heterocycles. The van der Waals surface area contributed by atoms with Crippen LogP contribution in [0, 0.1) is 6.92 Å². The summed E-state index contributed by atoms with van der Waals surface area (Å²) in [4.78, 5) is 47.7. The number of hydrogen-bond donors (Lipinski definition) is 2. The molecule has 3 aromatic rings. The molecule has 1 aliphatic rings. The number of hydrogen-bond acceptors (Lipinski definition) is 7. The third-order valence-corrected chi connectivity index (χ3v) is 6.82. The SMILES string of the molecule is Cc1[nH]c(=O)[nH]c(=O)c1CCC(=O)N(C)C1CCC(n2cc(-c3cncs3)nn2)CC1. The van der Waals surface area contributed by atoms with Gasteiger partial charge in [-0.3, -0.25) is 19.6 Å². The van der Waals surface area contributed by atoms with Crippen LogP contribution in [0.3, 0.4) is 0 Å². The second-order valence-electron chi connectivity index (χ2n) is 7.93. The maximum absolute atomic E-state index is 12.7. The van der Waals surface area contributed by atoms with E-state index in [4.69, 9.17) is 0 Å². The van der Waals surface area contributed by atoms with Crippen LogP contribution in [-0.4, -0.2) is 53.8 Å². The lowest BCUT2D eigenvalue weighted by atomic mass is 9.90. The standard InChI is InChI=1S/C20H25N7O3S/c1-12-15(19(29)23-20(30)22-12)7-8-18(28)26(2)13-3-5-14(6-4-13)27-10-16(24-25-27)17-9-21-11-31-17/h9-11,13-14H,3-8H2,1-2H3,(H2,22,23,29,30). The Bertz CT molecular complexity index is 1160. The van der Waals surface area contributed by atoms with E-state index >= 15 is 0 Å². The van der Waals surface area contributed by atoms with Gasteiger partial charge in [-0.05, 0) is 39.0 Å². The van der Waals surface area contributed by atoms with Crippen molar-refractivity contribution >= 4 is 17.2 Å². The maximum Gasteiger partial charge on any atom is 0.325 e. The van der Waals surface area contributed by atoms with Crippen molar-refractivity contribution < 1.29 is 4.79 Å². The van der Waals surface area contributed by atoms with Gasteiger partial charge in [0.05, 0.1) is 22.6 Å². The second-order valence-corrected chi connectivity index (χ2v) is 8.81. The average Bonchev–Trinajstić information content (AvgIpc) is 3.44. The molecule has 0 bridgehead atoms. The number of carbonyl (C=O) groups excluding carboxylic acids is 1. The van der Waals surface area contributed by atoms with E-state index < -0.39 is 11.2 Å². The number of carbonyl (C=O) groups is 1. The van der Waals surface area contributed by atoms with Gasteiger partial charge < -0.3 is 9.88 Å². The first kappa shape index (κ1) is 21.2. The summed E-state index contributed by atoms with van der Waals surface area (Å²) in [5, 5.41) is 8.55. The van der Waals surface area contributed by atoms with Gasteiger partial charge in [-0.25, -0.2) is 9.48 Å². The third kappa shape index (κ3) is 4.66. The summed E-state index contributed by atoms with van der Waals surface area (Å²) >= 11 is 1.54. The van der Waals surface area contributed by atoms with Gasteiger partial charge in [0.2, 0.25) is 5.91 Å². The minimum Gasteiger partial charge on any atom is -0.343 e. The molecular formula is C20H25N7O3S. The first-order valence-corrected chi connectivity index (χ1v) is 11.2. The van der Waals surface area contributed by atoms with Crippen LogP contribution in [0.2, 0.25) is 0 Å². The van der Waals surface area contributed by atoms with E-state index in [-0.39, 0.29) is 24.4 Å². The number of thiazole rings is 1. The highest BCUT2D eigenvalue weighted by Gasteiger charge is 2.28. The summed E-state index contributed by atoms with van der Waals surface area (Å²) in [7, 11) is 1.83. The Labute approximate surface area is 182 Å². The number of nitrogens with zero attached hydrogens (tertiary/aromatic N) is 5. The van der Waals surface area contributed by atoms with Crippen LogP contribution in [0.4, 0.5) is 0 Å². The van der Waals surface area contributed by atoms with Gasteiger partial charge in [0.25, 0.3) is 5.56 Å². The highest BCUT2D eigenvalue weighted by atomic mass is 32.1. The number of aromatic nitrogens is 6. The van der Waals surface area contributed by atoms with E-state index in [0.717, 1.165) is 36.3 Å². The van der Waals surface area contributed by atoms with Gasteiger partial charge in [0.15, 0.2) is 0 Å². The number of H-pyrrole nitrogens is 2. The Balaban J connectivity index is 1.31. The number of aromatic amines is 2. The predicted octanol–water partition coefficient (Wildman–Crippen LogP) is 1.66. The van der Waals surface area contributed by atoms with Crippen molar-refractivity contribution in [3.05, 3.63) is 50.0 Å². The molecule has 3 heterocycles. The van der Waals surface area contributed by atoms with E-state index in [2.05, 4.69) is 25.3 Å². The molecular weight excluding hydrogens is 418 g/mol. The van der Waals surface area contributed by atoms with Gasteiger partial charge in [-0.2, -0.15) is 0 Å². The molecule has 0 aromatic carbocycles. The molecule has 11 heteroatoms. The van der Waals surface area contributed by atoms with E-state index in [1.165, 1.54) is 11.3 Å². The summed E-state index contributed by atoms with van der Waals surface area (Å²) in [5.41, 5.74) is 2.62. The Kier molecular flexibility index (Phi) is 6.12. The highest BCUT2D eigenvalue weighted by molar-refractivity contribution is 7.13. The van der Waals surface area contributed by atoms with E-state index in [9.17, 15) is 14.4 Å². The van der Waals surface area contributed by atoms with Crippen molar-refractivity contribution in [1.82, 2.24) is 34.8 Å². The number of amides is 1. The first-order valence-electron chi connectivity index (χ1n) is 10.3. The topological polar surface area (TPSA) is 130 Å². The summed E-state index contributed by atoms with van der Waals surface area (Å²) in [6.45, 7) is 1.67. The minimum absolute atomic E-state index is 0.00156. The fraction of sp³-hybridized carbons (Fsp3) is 0.500. The van der Waals surface area contributed by atoms with Gasteiger partial charge in [0.1, 0.15) is 5.69 Å². The van der Waals surface area contributed by atoms with Crippen molar-refractivity contribution in [3.63, 3.8) is 0 Å². The van der Waals surface area contributed by atoms with Crippen molar-refractivity contribution in [2.45, 2.75) is 57.5 Å². The number of aryl methyl sites for hydroxylation is 1. The van der Waals surface area contributed by atoms with Crippen molar-refractivity contribution in [3.8, 4) is 10.6 Å². The fourth-order valence-electron chi connectivity index (χ4n) is 4.16. The molecule has 1 saturated carbocycles. The molecule has 1 amide bonds. The Morgan fingerprint density at radius 2 is 2.03 bits per heavy atom. The summed E-state index contributed by atoms with van der Waals surface area (Å²) in [6, 6.07) is 0.444. The molecule has 0 radical (unpaired) electrons. The predicted molar refractivity (Wildman–Crippen MR) is 116 cm³/mol. The van der Waals surface area contributed by atoms with Gasteiger partial charge in [-0.15, -0.1) is 16.4 Å². The summed E-state index contributed by atoms with van der Waals surface area (Å²) in [6.07, 6.45) is 7.92. The largest absolute Gasteiger partial charge is 0.343 e. The van der Waals surface area contributed by atoms with Crippen molar-refractivity contribution in [1.29, 1.82) is 0 Å². The quantitative estimate of drug-likeness (QED) is 0.596. The van der Waals surface area contributed by atoms with Crippen LogP contribution in [-0.2, 0) is 11.2 Å². The maximum atomic E-state index is 12.7. The molecule has 4 rings (SSSR count). The van der Waals surface area contributed by atoms with Crippen LogP contribution in [0.5, 0.6) is 0 Å². The number of nitrogens with one attached hydrogen (secondary N) is 2. The first-order chi connectivity index (χ1) is 14.9. The average molecular weight is 444 g/mol. The molecule has 2 N–H and O–H groups in total. The Morgan fingerprint density at radius 3 is 2.71 bits per heavy atom. The lowest BCUT2D eigenvalue weighted by molar-refractivity contribution is -0.132. The molecule has 0 aliphatic heterocycles. The van der Waals surface area contributed by atoms with E-state index in [0.29, 0.717) is 17.7 Å². The molecule has 0 spiro atoms. The lowest BCUT2D eigenvalue weighted by Crippen LogP contribution is -2.40. The van der Waals surface area contributed by atoms with Crippen molar-refractivity contribution in [2.75, 3.05) is 7.05 Å². The van der Waals surface area contributed by atoms with E-state index in [1.807, 2.05) is 17.9 Å². The molecule has 10 nitrogen and oxygen atoms in total. The normalized spacial score (nSPS) is 18.8. The lowest BCUT2D eigenvalue weighted by Gasteiger charge is -2.34. The van der Waals surface area contributed by atoms with Gasteiger partial charge in [0, 0.05) is 37.0 Å². The molecule has 31 heavy (non-hydrogen) atoms. The zero-order valence-electron chi connectivity index (χ0n) is 17.5. The van der Waals surface area contributed by atoms with Gasteiger partial charge >= 0.3 is 5.69 Å². The fourth-order valence-corrected chi connectivity index (χ4v) is 4.73.